The van der Waals surface area contributed by atoms with E-state index in [1.807, 2.05) is 4.90 Å². The topological polar surface area (TPSA) is 114 Å². The van der Waals surface area contributed by atoms with Crippen LogP contribution >= 0.6 is 0 Å². The first-order chi connectivity index (χ1) is 19.0. The van der Waals surface area contributed by atoms with E-state index in [0.717, 1.165) is 58.0 Å². The maximum Gasteiger partial charge on any atom is 0.254 e. The number of nitrogens with zero attached hydrogens (tertiary/aromatic N) is 2. The van der Waals surface area contributed by atoms with Crippen LogP contribution in [0.5, 0.6) is 5.75 Å². The molecule has 9 heteroatoms. The monoisotopic (exact) mass is 540 g/mol. The van der Waals surface area contributed by atoms with Gasteiger partial charge >= 0.3 is 0 Å². The standard InChI is InChI=1S/C30H44N4O5/c1-38-25-8-3-7-23(14-25)30(37)34-18-24(33(29(36)22-10-11-22)19-26-9-4-12-39-26)15-27(34)28(35)32-17-21-6-2-5-20(13-21)16-31/h3,7-8,14,20-22,24,26-27H,2,4-6,9-13,15-19,31H2,1H3,(H,32,35). The smallest absolute Gasteiger partial charge is 0.254 e. The summed E-state index contributed by atoms with van der Waals surface area (Å²) in [6.45, 7) is 2.86. The number of hydrogen-bond donors (Lipinski definition) is 2. The van der Waals surface area contributed by atoms with Crippen LogP contribution in [0, 0.1) is 17.8 Å². The highest BCUT2D eigenvalue weighted by Gasteiger charge is 2.46. The molecule has 2 aliphatic carbocycles. The molecule has 0 aromatic heterocycles. The Morgan fingerprint density at radius 2 is 1.92 bits per heavy atom. The first kappa shape index (κ1) is 27.9. The number of amides is 3. The fourth-order valence-electron chi connectivity index (χ4n) is 6.59. The molecule has 5 rings (SSSR count). The number of nitrogens with two attached hydrogens (primary N) is 1. The Morgan fingerprint density at radius 3 is 2.64 bits per heavy atom. The highest BCUT2D eigenvalue weighted by Crippen LogP contribution is 2.35. The number of nitrogens with one attached hydrogen (secondary N) is 1. The summed E-state index contributed by atoms with van der Waals surface area (Å²) in [4.78, 5) is 44.5. The summed E-state index contributed by atoms with van der Waals surface area (Å²) in [5.74, 6) is 1.36. The molecule has 5 unspecified atom stereocenters. The van der Waals surface area contributed by atoms with Gasteiger partial charge in [0.1, 0.15) is 11.8 Å². The minimum Gasteiger partial charge on any atom is -0.497 e. The SMILES string of the molecule is COc1cccc(C(=O)N2CC(N(CC3CCCO3)C(=O)C3CC3)CC2C(=O)NCC2CCCC(CN)C2)c1. The number of likely N-dealkylation sites (tertiary alicyclic amines) is 1. The zero-order chi connectivity index (χ0) is 27.4. The maximum atomic E-state index is 13.8. The molecule has 2 heterocycles. The van der Waals surface area contributed by atoms with Crippen molar-refractivity contribution in [3.05, 3.63) is 29.8 Å². The van der Waals surface area contributed by atoms with Crippen LogP contribution in [0.25, 0.3) is 0 Å². The molecule has 1 aromatic rings. The van der Waals surface area contributed by atoms with E-state index in [-0.39, 0.29) is 35.8 Å². The summed E-state index contributed by atoms with van der Waals surface area (Å²) >= 11 is 0. The van der Waals surface area contributed by atoms with Gasteiger partial charge in [-0.05, 0) is 87.9 Å². The van der Waals surface area contributed by atoms with E-state index < -0.39 is 6.04 Å². The highest BCUT2D eigenvalue weighted by atomic mass is 16.5. The molecule has 2 aliphatic heterocycles. The van der Waals surface area contributed by atoms with Gasteiger partial charge in [0.05, 0.1) is 19.3 Å². The number of carbonyl (C=O) groups excluding carboxylic acids is 3. The van der Waals surface area contributed by atoms with Crippen LogP contribution in [0.3, 0.4) is 0 Å². The van der Waals surface area contributed by atoms with Crippen molar-refractivity contribution in [2.24, 2.45) is 23.5 Å². The summed E-state index contributed by atoms with van der Waals surface area (Å²) < 4.78 is 11.2. The van der Waals surface area contributed by atoms with Crippen LogP contribution in [-0.4, -0.2) is 85.6 Å². The van der Waals surface area contributed by atoms with Gasteiger partial charge in [0.25, 0.3) is 5.91 Å². The molecule has 4 fully saturated rings. The minimum absolute atomic E-state index is 0.0184. The second-order valence-corrected chi connectivity index (χ2v) is 11.9. The lowest BCUT2D eigenvalue weighted by molar-refractivity contribution is -0.136. The molecule has 39 heavy (non-hydrogen) atoms. The van der Waals surface area contributed by atoms with Crippen molar-refractivity contribution in [2.45, 2.75) is 76.0 Å². The zero-order valence-electron chi connectivity index (χ0n) is 23.2. The highest BCUT2D eigenvalue weighted by molar-refractivity contribution is 5.98. The summed E-state index contributed by atoms with van der Waals surface area (Å²) in [5, 5.41) is 3.17. The van der Waals surface area contributed by atoms with Gasteiger partial charge in [0, 0.05) is 37.7 Å². The Bertz CT molecular complexity index is 1020. The lowest BCUT2D eigenvalue weighted by Crippen LogP contribution is -2.47. The number of ether oxygens (including phenoxy) is 2. The molecule has 4 aliphatic rings. The number of carbonyl (C=O) groups is 3. The Balaban J connectivity index is 1.34. The van der Waals surface area contributed by atoms with Crippen LogP contribution in [-0.2, 0) is 14.3 Å². The lowest BCUT2D eigenvalue weighted by Gasteiger charge is -2.31. The molecule has 2 saturated heterocycles. The van der Waals surface area contributed by atoms with Gasteiger partial charge in [-0.3, -0.25) is 14.4 Å². The van der Waals surface area contributed by atoms with E-state index in [4.69, 9.17) is 15.2 Å². The van der Waals surface area contributed by atoms with Crippen molar-refractivity contribution >= 4 is 17.7 Å². The molecular formula is C30H44N4O5. The molecule has 2 saturated carbocycles. The van der Waals surface area contributed by atoms with Crippen LogP contribution in [0.4, 0.5) is 0 Å². The van der Waals surface area contributed by atoms with Crippen molar-refractivity contribution in [1.82, 2.24) is 15.1 Å². The van der Waals surface area contributed by atoms with E-state index in [9.17, 15) is 14.4 Å². The quantitative estimate of drug-likeness (QED) is 0.472. The number of hydrogen-bond acceptors (Lipinski definition) is 6. The molecule has 3 amide bonds. The van der Waals surface area contributed by atoms with E-state index >= 15 is 0 Å². The van der Waals surface area contributed by atoms with Crippen LogP contribution in [0.1, 0.15) is 68.1 Å². The third-order valence-electron chi connectivity index (χ3n) is 9.02. The molecular weight excluding hydrogens is 496 g/mol. The van der Waals surface area contributed by atoms with Crippen molar-refractivity contribution < 1.29 is 23.9 Å². The van der Waals surface area contributed by atoms with Gasteiger partial charge in [0.15, 0.2) is 0 Å². The van der Waals surface area contributed by atoms with E-state index in [0.29, 0.717) is 55.7 Å². The van der Waals surface area contributed by atoms with Crippen molar-refractivity contribution in [3.63, 3.8) is 0 Å². The van der Waals surface area contributed by atoms with Gasteiger partial charge in [-0.25, -0.2) is 0 Å². The van der Waals surface area contributed by atoms with Gasteiger partial charge in [-0.15, -0.1) is 0 Å². The van der Waals surface area contributed by atoms with Crippen molar-refractivity contribution in [1.29, 1.82) is 0 Å². The molecule has 0 spiro atoms. The molecule has 0 bridgehead atoms. The molecule has 9 nitrogen and oxygen atoms in total. The van der Waals surface area contributed by atoms with Gasteiger partial charge < -0.3 is 30.3 Å². The van der Waals surface area contributed by atoms with Crippen LogP contribution < -0.4 is 15.8 Å². The second-order valence-electron chi connectivity index (χ2n) is 11.9. The normalized spacial score (nSPS) is 28.8. The Kier molecular flexibility index (Phi) is 9.07. The maximum absolute atomic E-state index is 13.8. The first-order valence-corrected chi connectivity index (χ1v) is 14.8. The van der Waals surface area contributed by atoms with Crippen LogP contribution in [0.2, 0.25) is 0 Å². The Hall–Kier alpha value is -2.65. The second kappa shape index (κ2) is 12.7. The lowest BCUT2D eigenvalue weighted by atomic mass is 9.81. The predicted molar refractivity (Wildman–Crippen MR) is 147 cm³/mol. The predicted octanol–water partition coefficient (Wildman–Crippen LogP) is 2.58. The van der Waals surface area contributed by atoms with Crippen LogP contribution in [0.15, 0.2) is 24.3 Å². The number of methoxy groups -OCH3 is 1. The average Bonchev–Trinajstić information content (AvgIpc) is 3.52. The summed E-state index contributed by atoms with van der Waals surface area (Å²) in [6.07, 6.45) is 8.61. The van der Waals surface area contributed by atoms with Gasteiger partial charge in [-0.1, -0.05) is 12.5 Å². The summed E-state index contributed by atoms with van der Waals surface area (Å²) in [5.41, 5.74) is 6.40. The largest absolute Gasteiger partial charge is 0.497 e. The molecule has 3 N–H and O–H groups in total. The Morgan fingerprint density at radius 1 is 1.10 bits per heavy atom. The van der Waals surface area contributed by atoms with E-state index in [1.54, 1.807) is 36.3 Å². The van der Waals surface area contributed by atoms with E-state index in [2.05, 4.69) is 5.32 Å². The third-order valence-corrected chi connectivity index (χ3v) is 9.02. The third kappa shape index (κ3) is 6.74. The average molecular weight is 541 g/mol. The molecule has 0 radical (unpaired) electrons. The minimum atomic E-state index is -0.637. The van der Waals surface area contributed by atoms with Crippen molar-refractivity contribution in [2.75, 3.05) is 39.9 Å². The number of benzene rings is 1. The summed E-state index contributed by atoms with van der Waals surface area (Å²) in [7, 11) is 1.57. The molecule has 1 aromatic carbocycles. The van der Waals surface area contributed by atoms with Crippen molar-refractivity contribution in [3.8, 4) is 5.75 Å². The zero-order valence-corrected chi connectivity index (χ0v) is 23.2. The summed E-state index contributed by atoms with van der Waals surface area (Å²) in [6, 6.07) is 6.18. The number of rotatable bonds is 10. The fourth-order valence-corrected chi connectivity index (χ4v) is 6.59. The van der Waals surface area contributed by atoms with Gasteiger partial charge in [0.2, 0.25) is 11.8 Å². The first-order valence-electron chi connectivity index (χ1n) is 14.8. The Labute approximate surface area is 231 Å². The fraction of sp³-hybridized carbons (Fsp3) is 0.700. The van der Waals surface area contributed by atoms with E-state index in [1.165, 1.54) is 0 Å². The molecule has 5 atom stereocenters. The molecule has 214 valence electrons. The van der Waals surface area contributed by atoms with Gasteiger partial charge in [-0.2, -0.15) is 0 Å².